The summed E-state index contributed by atoms with van der Waals surface area (Å²) in [6.45, 7) is 0. The van der Waals surface area contributed by atoms with Gasteiger partial charge in [-0.05, 0) is 132 Å². The number of rotatable bonds is 9. The molecule has 1 nitrogen and oxygen atoms in total. The van der Waals surface area contributed by atoms with Gasteiger partial charge in [0.1, 0.15) is 0 Å². The number of hydrogen-bond donors (Lipinski definition) is 0. The van der Waals surface area contributed by atoms with Gasteiger partial charge in [0.2, 0.25) is 0 Å². The minimum absolute atomic E-state index is 1.09. The van der Waals surface area contributed by atoms with Gasteiger partial charge < -0.3 is 4.90 Å². The van der Waals surface area contributed by atoms with E-state index in [1.54, 1.807) is 0 Å². The van der Waals surface area contributed by atoms with Gasteiger partial charge in [0, 0.05) is 17.1 Å². The molecule has 0 fully saturated rings. The molecule has 59 heavy (non-hydrogen) atoms. The average molecular weight is 752 g/mol. The molecule has 0 bridgehead atoms. The summed E-state index contributed by atoms with van der Waals surface area (Å²) >= 11 is 0. The maximum atomic E-state index is 2.35. The number of hydrogen-bond acceptors (Lipinski definition) is 1. The van der Waals surface area contributed by atoms with Crippen LogP contribution < -0.4 is 4.90 Å². The lowest BCUT2D eigenvalue weighted by atomic mass is 9.91. The zero-order valence-electron chi connectivity index (χ0n) is 32.6. The van der Waals surface area contributed by atoms with Crippen LogP contribution in [-0.2, 0) is 0 Å². The summed E-state index contributed by atoms with van der Waals surface area (Å²) in [5.74, 6) is 0. The zero-order valence-corrected chi connectivity index (χ0v) is 32.6. The Bertz CT molecular complexity index is 2990. The lowest BCUT2D eigenvalue weighted by molar-refractivity contribution is 1.28. The summed E-state index contributed by atoms with van der Waals surface area (Å²) < 4.78 is 0. The summed E-state index contributed by atoms with van der Waals surface area (Å²) in [6, 6.07) is 89.8. The Labute approximate surface area is 346 Å². The van der Waals surface area contributed by atoms with Gasteiger partial charge >= 0.3 is 0 Å². The largest absolute Gasteiger partial charge is 0.311 e. The molecule has 0 unspecified atom stereocenters. The normalized spacial score (nSPS) is 11.1. The van der Waals surface area contributed by atoms with Crippen molar-refractivity contribution in [1.29, 1.82) is 0 Å². The highest BCUT2D eigenvalue weighted by atomic mass is 15.1. The molecule has 10 rings (SSSR count). The summed E-state index contributed by atoms with van der Waals surface area (Å²) in [5.41, 5.74) is 17.7. The van der Waals surface area contributed by atoms with Crippen LogP contribution in [0.15, 0.2) is 249 Å². The maximum Gasteiger partial charge on any atom is 0.0462 e. The Kier molecular flexibility index (Phi) is 9.68. The minimum Gasteiger partial charge on any atom is -0.311 e. The fraction of sp³-hybridized carbons (Fsp3) is 0. The molecule has 0 saturated carbocycles. The van der Waals surface area contributed by atoms with E-state index in [1.807, 2.05) is 0 Å². The highest BCUT2D eigenvalue weighted by molar-refractivity contribution is 5.90. The molecule has 0 spiro atoms. The smallest absolute Gasteiger partial charge is 0.0462 e. The third-order valence-electron chi connectivity index (χ3n) is 11.3. The Balaban J connectivity index is 0.998. The highest BCUT2D eigenvalue weighted by Gasteiger charge is 2.15. The third-order valence-corrected chi connectivity index (χ3v) is 11.3. The van der Waals surface area contributed by atoms with E-state index in [2.05, 4.69) is 254 Å². The molecular formula is C58H41N. The molecule has 278 valence electrons. The Morgan fingerprint density at radius 1 is 0.186 bits per heavy atom. The lowest BCUT2D eigenvalue weighted by Crippen LogP contribution is -2.09. The predicted molar refractivity (Wildman–Crippen MR) is 251 cm³/mol. The topological polar surface area (TPSA) is 3.24 Å². The van der Waals surface area contributed by atoms with Gasteiger partial charge in [0.15, 0.2) is 0 Å². The molecule has 0 atom stereocenters. The van der Waals surface area contributed by atoms with E-state index in [9.17, 15) is 0 Å². The molecule has 0 aliphatic heterocycles. The summed E-state index contributed by atoms with van der Waals surface area (Å²) in [5, 5.41) is 2.51. The summed E-state index contributed by atoms with van der Waals surface area (Å²) in [4.78, 5) is 2.35. The van der Waals surface area contributed by atoms with Gasteiger partial charge in [-0.3, -0.25) is 0 Å². The van der Waals surface area contributed by atoms with Crippen LogP contribution in [-0.4, -0.2) is 0 Å². The van der Waals surface area contributed by atoms with Crippen molar-refractivity contribution < 1.29 is 0 Å². The van der Waals surface area contributed by atoms with Crippen molar-refractivity contribution >= 4 is 27.8 Å². The second kappa shape index (κ2) is 16.0. The van der Waals surface area contributed by atoms with Crippen molar-refractivity contribution in [2.45, 2.75) is 0 Å². The van der Waals surface area contributed by atoms with Crippen molar-refractivity contribution in [2.24, 2.45) is 0 Å². The SMILES string of the molecule is c1ccc(-c2ccc(N(c3ccc(-c4cccc(-c5ccc6ccccc6c5)c4)cc3)c3ccc(-c4ccc(-c5ccccc5)c(-c5ccccc5)c4)cc3)cc2)cc1. The fourth-order valence-corrected chi connectivity index (χ4v) is 8.18. The molecule has 0 N–H and O–H groups in total. The second-order valence-corrected chi connectivity index (χ2v) is 15.0. The number of fused-ring (bicyclic) bond motifs is 1. The maximum absolute atomic E-state index is 2.35. The fourth-order valence-electron chi connectivity index (χ4n) is 8.18. The monoisotopic (exact) mass is 751 g/mol. The van der Waals surface area contributed by atoms with E-state index < -0.39 is 0 Å². The minimum atomic E-state index is 1.09. The van der Waals surface area contributed by atoms with Crippen LogP contribution in [0.5, 0.6) is 0 Å². The molecule has 10 aromatic rings. The number of anilines is 3. The molecule has 0 aliphatic rings. The number of benzene rings is 10. The van der Waals surface area contributed by atoms with Gasteiger partial charge in [-0.1, -0.05) is 194 Å². The van der Waals surface area contributed by atoms with Crippen molar-refractivity contribution in [3.8, 4) is 66.8 Å². The Morgan fingerprint density at radius 2 is 0.542 bits per heavy atom. The van der Waals surface area contributed by atoms with Crippen LogP contribution in [0.1, 0.15) is 0 Å². The van der Waals surface area contributed by atoms with Crippen molar-refractivity contribution in [2.75, 3.05) is 4.90 Å². The third kappa shape index (κ3) is 7.46. The standard InChI is InChI=1S/C58H41N/c1-4-13-42(14-5-1)44-25-32-54(33-26-44)59(55-34-27-45(28-35-55)50-21-12-22-51(39-50)52-24-23-43-15-10-11-20-49(43)40-52)56-36-29-46(30-37-56)53-31-38-57(47-16-6-2-7-17-47)58(41-53)48-18-8-3-9-19-48/h1-41H. The molecule has 0 aliphatic carbocycles. The Morgan fingerprint density at radius 3 is 1.10 bits per heavy atom. The highest BCUT2D eigenvalue weighted by Crippen LogP contribution is 2.40. The van der Waals surface area contributed by atoms with Crippen LogP contribution in [0.2, 0.25) is 0 Å². The molecule has 1 heteroatoms. The van der Waals surface area contributed by atoms with Crippen molar-refractivity contribution in [3.63, 3.8) is 0 Å². The number of nitrogens with zero attached hydrogens (tertiary/aromatic N) is 1. The molecule has 10 aromatic carbocycles. The van der Waals surface area contributed by atoms with Crippen LogP contribution in [0.4, 0.5) is 17.1 Å². The van der Waals surface area contributed by atoms with E-state index in [-0.39, 0.29) is 0 Å². The lowest BCUT2D eigenvalue weighted by Gasteiger charge is -2.26. The van der Waals surface area contributed by atoms with Gasteiger partial charge in [0.05, 0.1) is 0 Å². The van der Waals surface area contributed by atoms with E-state index in [0.717, 1.165) is 17.1 Å². The zero-order chi connectivity index (χ0) is 39.4. The van der Waals surface area contributed by atoms with Crippen LogP contribution in [0.25, 0.3) is 77.5 Å². The van der Waals surface area contributed by atoms with Crippen LogP contribution in [0.3, 0.4) is 0 Å². The Hall–Kier alpha value is -7.74. The molecule has 0 heterocycles. The van der Waals surface area contributed by atoms with E-state index in [0.29, 0.717) is 0 Å². The molecule has 0 radical (unpaired) electrons. The van der Waals surface area contributed by atoms with E-state index >= 15 is 0 Å². The second-order valence-electron chi connectivity index (χ2n) is 15.0. The first-order valence-corrected chi connectivity index (χ1v) is 20.2. The van der Waals surface area contributed by atoms with Gasteiger partial charge in [0.25, 0.3) is 0 Å². The van der Waals surface area contributed by atoms with Crippen LogP contribution >= 0.6 is 0 Å². The summed E-state index contributed by atoms with van der Waals surface area (Å²) in [7, 11) is 0. The van der Waals surface area contributed by atoms with Gasteiger partial charge in [-0.25, -0.2) is 0 Å². The van der Waals surface area contributed by atoms with E-state index in [1.165, 1.54) is 77.5 Å². The van der Waals surface area contributed by atoms with Gasteiger partial charge in [-0.15, -0.1) is 0 Å². The van der Waals surface area contributed by atoms with Crippen molar-refractivity contribution in [3.05, 3.63) is 249 Å². The van der Waals surface area contributed by atoms with E-state index in [4.69, 9.17) is 0 Å². The first-order chi connectivity index (χ1) is 29.2. The predicted octanol–water partition coefficient (Wildman–Crippen LogP) is 16.3. The first kappa shape index (κ1) is 35.7. The summed E-state index contributed by atoms with van der Waals surface area (Å²) in [6.07, 6.45) is 0. The molecular weight excluding hydrogens is 711 g/mol. The quantitative estimate of drug-likeness (QED) is 0.142. The van der Waals surface area contributed by atoms with Gasteiger partial charge in [-0.2, -0.15) is 0 Å². The average Bonchev–Trinajstić information content (AvgIpc) is 3.33. The molecule has 0 saturated heterocycles. The van der Waals surface area contributed by atoms with Crippen LogP contribution in [0, 0.1) is 0 Å². The van der Waals surface area contributed by atoms with Crippen molar-refractivity contribution in [1.82, 2.24) is 0 Å². The molecule has 0 aromatic heterocycles. The first-order valence-electron chi connectivity index (χ1n) is 20.2. The molecule has 0 amide bonds.